The summed E-state index contributed by atoms with van der Waals surface area (Å²) in [7, 11) is -2.67. The van der Waals surface area contributed by atoms with E-state index >= 15 is 0 Å². The molecule has 1 N–H and O–H groups in total. The fraction of sp³-hybridized carbons (Fsp3) is 0.310. The molecule has 0 fully saturated rings. The molecule has 208 valence electrons. The number of amides is 2. The first-order chi connectivity index (χ1) is 18.4. The lowest BCUT2D eigenvalue weighted by molar-refractivity contribution is -0.139. The third-order valence-corrected chi connectivity index (χ3v) is 9.04. The highest BCUT2D eigenvalue weighted by atomic mass is 35.5. The first kappa shape index (κ1) is 30.5. The number of hydrogen-bond acceptors (Lipinski definition) is 4. The molecule has 0 aliphatic carbocycles. The van der Waals surface area contributed by atoms with E-state index < -0.39 is 34.4 Å². The molecule has 39 heavy (non-hydrogen) atoms. The van der Waals surface area contributed by atoms with Crippen LogP contribution in [-0.2, 0) is 26.2 Å². The van der Waals surface area contributed by atoms with Gasteiger partial charge in [-0.15, -0.1) is 0 Å². The monoisotopic (exact) mass is 589 g/mol. The van der Waals surface area contributed by atoms with Crippen LogP contribution in [0.2, 0.25) is 10.0 Å². The van der Waals surface area contributed by atoms with Gasteiger partial charge in [-0.2, -0.15) is 0 Å². The molecule has 0 bridgehead atoms. The van der Waals surface area contributed by atoms with Gasteiger partial charge >= 0.3 is 0 Å². The van der Waals surface area contributed by atoms with E-state index in [2.05, 4.69) is 5.32 Å². The fourth-order valence-electron chi connectivity index (χ4n) is 4.04. The summed E-state index contributed by atoms with van der Waals surface area (Å²) in [6, 6.07) is 17.5. The lowest BCUT2D eigenvalue weighted by Gasteiger charge is -2.32. The van der Waals surface area contributed by atoms with Gasteiger partial charge in [0.1, 0.15) is 12.6 Å². The molecule has 0 heterocycles. The van der Waals surface area contributed by atoms with Gasteiger partial charge in [0.15, 0.2) is 0 Å². The van der Waals surface area contributed by atoms with Crippen LogP contribution in [0.5, 0.6) is 0 Å². The molecule has 0 saturated heterocycles. The average molecular weight is 591 g/mol. The molecule has 10 heteroatoms. The highest BCUT2D eigenvalue weighted by molar-refractivity contribution is 7.92. The summed E-state index contributed by atoms with van der Waals surface area (Å²) >= 11 is 12.7. The smallest absolute Gasteiger partial charge is 0.264 e. The Bertz CT molecular complexity index is 1410. The number of anilines is 1. The van der Waals surface area contributed by atoms with Crippen molar-refractivity contribution in [3.63, 3.8) is 0 Å². The van der Waals surface area contributed by atoms with Crippen LogP contribution in [0.3, 0.4) is 0 Å². The molecule has 3 rings (SSSR count). The summed E-state index contributed by atoms with van der Waals surface area (Å²) in [6.45, 7) is 6.88. The van der Waals surface area contributed by atoms with Crippen LogP contribution in [0.25, 0.3) is 0 Å². The van der Waals surface area contributed by atoms with E-state index in [4.69, 9.17) is 23.2 Å². The van der Waals surface area contributed by atoms with E-state index in [-0.39, 0.29) is 17.4 Å². The summed E-state index contributed by atoms with van der Waals surface area (Å²) in [6.07, 6.45) is 0. The van der Waals surface area contributed by atoms with Crippen molar-refractivity contribution < 1.29 is 18.0 Å². The molecular weight excluding hydrogens is 557 g/mol. The quantitative estimate of drug-likeness (QED) is 0.324. The van der Waals surface area contributed by atoms with Crippen molar-refractivity contribution in [2.24, 2.45) is 0 Å². The number of carbonyl (C=O) groups is 2. The molecule has 0 aliphatic heterocycles. The number of carbonyl (C=O) groups excluding carboxylic acids is 2. The molecular formula is C29H33Cl2N3O4S. The molecule has 0 aliphatic rings. The Kier molecular flexibility index (Phi) is 10.0. The maximum absolute atomic E-state index is 13.9. The predicted octanol–water partition coefficient (Wildman–Crippen LogP) is 5.78. The first-order valence-electron chi connectivity index (χ1n) is 12.5. The van der Waals surface area contributed by atoms with Gasteiger partial charge in [0, 0.05) is 29.2 Å². The molecule has 0 saturated carbocycles. The van der Waals surface area contributed by atoms with Crippen molar-refractivity contribution in [1.82, 2.24) is 10.2 Å². The van der Waals surface area contributed by atoms with E-state index in [1.165, 1.54) is 24.1 Å². The van der Waals surface area contributed by atoms with Crippen molar-refractivity contribution in [2.45, 2.75) is 51.1 Å². The van der Waals surface area contributed by atoms with Crippen LogP contribution < -0.4 is 9.62 Å². The van der Waals surface area contributed by atoms with Gasteiger partial charge in [-0.25, -0.2) is 8.42 Å². The first-order valence-corrected chi connectivity index (χ1v) is 14.7. The van der Waals surface area contributed by atoms with Crippen molar-refractivity contribution in [2.75, 3.05) is 17.9 Å². The van der Waals surface area contributed by atoms with E-state index in [0.717, 1.165) is 15.4 Å². The third kappa shape index (κ3) is 7.12. The van der Waals surface area contributed by atoms with Gasteiger partial charge in [0.25, 0.3) is 10.0 Å². The lowest BCUT2D eigenvalue weighted by Crippen LogP contribution is -2.50. The Morgan fingerprint density at radius 1 is 0.897 bits per heavy atom. The SMILES string of the molecule is CNC(=O)[C@H](C)N(Cc1c(Cl)cccc1Cl)C(=O)CN(c1ccc(C(C)C)cc1)S(=O)(=O)c1ccc(C)cc1. The zero-order chi connectivity index (χ0) is 28.9. The van der Waals surface area contributed by atoms with Crippen molar-refractivity contribution in [3.8, 4) is 0 Å². The van der Waals surface area contributed by atoms with Crippen molar-refractivity contribution in [1.29, 1.82) is 0 Å². The zero-order valence-corrected chi connectivity index (χ0v) is 24.9. The number of halogens is 2. The summed E-state index contributed by atoms with van der Waals surface area (Å²) < 4.78 is 28.8. The third-order valence-electron chi connectivity index (χ3n) is 6.54. The molecule has 2 amide bonds. The van der Waals surface area contributed by atoms with Crippen molar-refractivity contribution >= 4 is 50.7 Å². The Morgan fingerprint density at radius 3 is 1.97 bits per heavy atom. The number of nitrogens with one attached hydrogen (secondary N) is 1. The van der Waals surface area contributed by atoms with E-state index in [9.17, 15) is 18.0 Å². The maximum atomic E-state index is 13.9. The van der Waals surface area contributed by atoms with Crippen LogP contribution in [-0.4, -0.2) is 44.8 Å². The van der Waals surface area contributed by atoms with Gasteiger partial charge in [0.05, 0.1) is 10.6 Å². The molecule has 1 atom stereocenters. The van der Waals surface area contributed by atoms with E-state index in [1.807, 2.05) is 32.9 Å². The van der Waals surface area contributed by atoms with Crippen LogP contribution in [0.15, 0.2) is 71.6 Å². The average Bonchev–Trinajstić information content (AvgIpc) is 2.90. The summed E-state index contributed by atoms with van der Waals surface area (Å²) in [5.41, 5.74) is 2.72. The Hall–Kier alpha value is -3.07. The lowest BCUT2D eigenvalue weighted by atomic mass is 10.0. The van der Waals surface area contributed by atoms with Crippen LogP contribution in [0, 0.1) is 6.92 Å². The molecule has 0 radical (unpaired) electrons. The molecule has 0 unspecified atom stereocenters. The summed E-state index contributed by atoms with van der Waals surface area (Å²) in [4.78, 5) is 27.8. The number of benzene rings is 3. The number of sulfonamides is 1. The van der Waals surface area contributed by atoms with Crippen LogP contribution in [0.4, 0.5) is 5.69 Å². The molecule has 3 aromatic carbocycles. The topological polar surface area (TPSA) is 86.8 Å². The Morgan fingerprint density at radius 2 is 1.46 bits per heavy atom. The van der Waals surface area contributed by atoms with Gasteiger partial charge in [-0.1, -0.05) is 72.9 Å². The standard InChI is InChI=1S/C29H33Cl2N3O4S/c1-19(2)22-11-13-23(14-12-22)34(39(37,38)24-15-9-20(3)10-16-24)18-28(35)33(21(4)29(36)32-5)17-25-26(30)7-6-8-27(25)31/h6-16,19,21H,17-18H2,1-5H3,(H,32,36)/t21-/m0/s1. The molecule has 0 spiro atoms. The highest BCUT2D eigenvalue weighted by Gasteiger charge is 2.33. The second-order valence-electron chi connectivity index (χ2n) is 9.58. The Balaban J connectivity index is 2.08. The zero-order valence-electron chi connectivity index (χ0n) is 22.6. The van der Waals surface area contributed by atoms with Gasteiger partial charge < -0.3 is 10.2 Å². The maximum Gasteiger partial charge on any atom is 0.264 e. The molecule has 7 nitrogen and oxygen atoms in total. The van der Waals surface area contributed by atoms with Crippen LogP contribution in [0.1, 0.15) is 43.4 Å². The number of nitrogens with zero attached hydrogens (tertiary/aromatic N) is 2. The minimum absolute atomic E-state index is 0.0499. The van der Waals surface area contributed by atoms with Gasteiger partial charge in [0.2, 0.25) is 11.8 Å². The number of hydrogen-bond donors (Lipinski definition) is 1. The van der Waals surface area contributed by atoms with E-state index in [1.54, 1.807) is 49.4 Å². The fourth-order valence-corrected chi connectivity index (χ4v) is 5.97. The van der Waals surface area contributed by atoms with E-state index in [0.29, 0.717) is 21.3 Å². The molecule has 3 aromatic rings. The predicted molar refractivity (Wildman–Crippen MR) is 157 cm³/mol. The number of rotatable bonds is 10. The number of likely N-dealkylation sites (N-methyl/N-ethyl adjacent to an activating group) is 1. The number of aryl methyl sites for hydroxylation is 1. The molecule has 0 aromatic heterocycles. The highest BCUT2D eigenvalue weighted by Crippen LogP contribution is 2.29. The second kappa shape index (κ2) is 12.9. The minimum atomic E-state index is -4.14. The van der Waals surface area contributed by atoms with Gasteiger partial charge in [-0.05, 0) is 61.7 Å². The van der Waals surface area contributed by atoms with Crippen LogP contribution >= 0.6 is 23.2 Å². The minimum Gasteiger partial charge on any atom is -0.357 e. The summed E-state index contributed by atoms with van der Waals surface area (Å²) in [5.74, 6) is -0.765. The largest absolute Gasteiger partial charge is 0.357 e. The van der Waals surface area contributed by atoms with Gasteiger partial charge in [-0.3, -0.25) is 13.9 Å². The Labute approximate surface area is 240 Å². The summed E-state index contributed by atoms with van der Waals surface area (Å²) in [5, 5.41) is 3.21. The van der Waals surface area contributed by atoms with Crippen molar-refractivity contribution in [3.05, 3.63) is 93.5 Å². The second-order valence-corrected chi connectivity index (χ2v) is 12.3. The normalized spacial score (nSPS) is 12.2.